The van der Waals surface area contributed by atoms with Crippen molar-refractivity contribution in [3.8, 4) is 5.75 Å². The number of hydrogen-bond acceptors (Lipinski definition) is 5. The third-order valence-electron chi connectivity index (χ3n) is 7.12. The molecule has 0 radical (unpaired) electrons. The zero-order chi connectivity index (χ0) is 24.4. The van der Waals surface area contributed by atoms with Crippen LogP contribution in [-0.2, 0) is 11.2 Å². The molecule has 4 rings (SSSR count). The van der Waals surface area contributed by atoms with Crippen molar-refractivity contribution in [3.63, 3.8) is 0 Å². The zero-order valence-corrected chi connectivity index (χ0v) is 21.5. The lowest BCUT2D eigenvalue weighted by atomic mass is 9.88. The lowest BCUT2D eigenvalue weighted by Crippen LogP contribution is -2.28. The SMILES string of the molecule is Cc1cc(CC2SC(=O)NC2=O)cc(C)c1N(CC1CCCCC1)c1ccc(O)c(C(C)C)c1. The number of nitrogens with zero attached hydrogens (tertiary/aromatic N) is 1. The molecule has 2 fully saturated rings. The van der Waals surface area contributed by atoms with E-state index in [0.29, 0.717) is 18.1 Å². The first-order valence-corrected chi connectivity index (χ1v) is 13.3. The second kappa shape index (κ2) is 10.4. The maximum atomic E-state index is 12.1. The Bertz CT molecular complexity index is 1050. The van der Waals surface area contributed by atoms with Crippen molar-refractivity contribution in [2.45, 2.75) is 77.4 Å². The summed E-state index contributed by atoms with van der Waals surface area (Å²) >= 11 is 1.08. The van der Waals surface area contributed by atoms with Gasteiger partial charge in [0.25, 0.3) is 5.24 Å². The molecular formula is C28H36N2O3S. The monoisotopic (exact) mass is 480 g/mol. The maximum Gasteiger partial charge on any atom is 0.286 e. The molecule has 2 aliphatic rings. The van der Waals surface area contributed by atoms with Crippen molar-refractivity contribution in [1.29, 1.82) is 0 Å². The predicted molar refractivity (Wildman–Crippen MR) is 140 cm³/mol. The standard InChI is InChI=1S/C28H36N2O3S/c1-17(2)23-15-22(10-11-24(23)31)30(16-20-8-6-5-7-9-20)26-18(3)12-21(13-19(26)4)14-25-27(32)29-28(33)34-25/h10-13,15,17,20,25,31H,5-9,14,16H2,1-4H3,(H,29,32,33). The third-order valence-corrected chi connectivity index (χ3v) is 8.10. The lowest BCUT2D eigenvalue weighted by Gasteiger charge is -2.34. The second-order valence-electron chi connectivity index (χ2n) is 10.2. The van der Waals surface area contributed by atoms with Gasteiger partial charge in [0.05, 0.1) is 5.25 Å². The highest BCUT2D eigenvalue weighted by Gasteiger charge is 2.32. The largest absolute Gasteiger partial charge is 0.508 e. The first kappa shape index (κ1) is 24.6. The lowest BCUT2D eigenvalue weighted by molar-refractivity contribution is -0.118. The van der Waals surface area contributed by atoms with Gasteiger partial charge >= 0.3 is 0 Å². The maximum absolute atomic E-state index is 12.1. The average Bonchev–Trinajstić information content (AvgIpc) is 3.10. The number of amides is 2. The highest BCUT2D eigenvalue weighted by atomic mass is 32.2. The Labute approximate surface area is 207 Å². The summed E-state index contributed by atoms with van der Waals surface area (Å²) in [5.74, 6) is 1.03. The molecule has 1 saturated carbocycles. The summed E-state index contributed by atoms with van der Waals surface area (Å²) < 4.78 is 0. The van der Waals surface area contributed by atoms with Gasteiger partial charge in [0.15, 0.2) is 0 Å². The Morgan fingerprint density at radius 2 is 1.74 bits per heavy atom. The van der Waals surface area contributed by atoms with Crippen LogP contribution in [-0.4, -0.2) is 28.0 Å². The van der Waals surface area contributed by atoms with E-state index in [1.54, 1.807) is 0 Å². The molecule has 1 unspecified atom stereocenters. The van der Waals surface area contributed by atoms with E-state index in [-0.39, 0.29) is 22.3 Å². The van der Waals surface area contributed by atoms with Crippen molar-refractivity contribution < 1.29 is 14.7 Å². The third kappa shape index (κ3) is 5.43. The molecule has 1 saturated heterocycles. The average molecular weight is 481 g/mol. The summed E-state index contributed by atoms with van der Waals surface area (Å²) in [5, 5.41) is 12.2. The minimum absolute atomic E-state index is 0.196. The van der Waals surface area contributed by atoms with Crippen LogP contribution < -0.4 is 10.2 Å². The Kier molecular flexibility index (Phi) is 7.56. The summed E-state index contributed by atoms with van der Waals surface area (Å²) in [6.45, 7) is 9.45. The molecule has 0 aromatic heterocycles. The fourth-order valence-electron chi connectivity index (χ4n) is 5.46. The summed E-state index contributed by atoms with van der Waals surface area (Å²) in [4.78, 5) is 26.1. The minimum Gasteiger partial charge on any atom is -0.508 e. The number of benzene rings is 2. The molecule has 2 amide bonds. The summed E-state index contributed by atoms with van der Waals surface area (Å²) in [6, 6.07) is 10.3. The van der Waals surface area contributed by atoms with E-state index < -0.39 is 0 Å². The number of nitrogens with one attached hydrogen (secondary N) is 1. The first-order valence-electron chi connectivity index (χ1n) is 12.4. The van der Waals surface area contributed by atoms with Gasteiger partial charge in [-0.25, -0.2) is 0 Å². The summed E-state index contributed by atoms with van der Waals surface area (Å²) in [7, 11) is 0. The molecular weight excluding hydrogens is 444 g/mol. The van der Waals surface area contributed by atoms with Gasteiger partial charge in [-0.05, 0) is 85.4 Å². The van der Waals surface area contributed by atoms with Crippen LogP contribution in [0.4, 0.5) is 16.2 Å². The Morgan fingerprint density at radius 3 is 2.32 bits per heavy atom. The van der Waals surface area contributed by atoms with Crippen LogP contribution in [0.15, 0.2) is 30.3 Å². The van der Waals surface area contributed by atoms with Crippen molar-refractivity contribution in [2.75, 3.05) is 11.4 Å². The van der Waals surface area contributed by atoms with Crippen molar-refractivity contribution in [2.24, 2.45) is 5.92 Å². The van der Waals surface area contributed by atoms with Crippen LogP contribution in [0.25, 0.3) is 0 Å². The summed E-state index contributed by atoms with van der Waals surface area (Å²) in [5.41, 5.74) is 6.69. The van der Waals surface area contributed by atoms with E-state index in [1.165, 1.54) is 48.9 Å². The molecule has 0 spiro atoms. The van der Waals surface area contributed by atoms with Gasteiger partial charge in [0.2, 0.25) is 5.91 Å². The van der Waals surface area contributed by atoms with Gasteiger partial charge in [-0.1, -0.05) is 57.0 Å². The number of carbonyl (C=O) groups is 2. The molecule has 182 valence electrons. The van der Waals surface area contributed by atoms with Crippen molar-refractivity contribution in [3.05, 3.63) is 52.6 Å². The molecule has 2 N–H and O–H groups in total. The highest BCUT2D eigenvalue weighted by molar-refractivity contribution is 8.15. The number of anilines is 2. The molecule has 0 bridgehead atoms. The summed E-state index contributed by atoms with van der Waals surface area (Å²) in [6.07, 6.45) is 6.97. The number of phenolic OH excluding ortho intramolecular Hbond substituents is 1. The second-order valence-corrected chi connectivity index (χ2v) is 11.4. The quantitative estimate of drug-likeness (QED) is 0.459. The van der Waals surface area contributed by atoms with E-state index in [2.05, 4.69) is 56.1 Å². The van der Waals surface area contributed by atoms with E-state index >= 15 is 0 Å². The Balaban J connectivity index is 1.70. The van der Waals surface area contributed by atoms with E-state index in [4.69, 9.17) is 0 Å². The normalized spacial score (nSPS) is 19.0. The van der Waals surface area contributed by atoms with Gasteiger partial charge in [-0.3, -0.25) is 14.9 Å². The van der Waals surface area contributed by atoms with Crippen LogP contribution >= 0.6 is 11.8 Å². The molecule has 2 aromatic carbocycles. The number of imide groups is 1. The van der Waals surface area contributed by atoms with Crippen LogP contribution in [0.3, 0.4) is 0 Å². The molecule has 5 nitrogen and oxygen atoms in total. The fraction of sp³-hybridized carbons (Fsp3) is 0.500. The molecule has 2 aromatic rings. The zero-order valence-electron chi connectivity index (χ0n) is 20.7. The number of phenols is 1. The molecule has 1 aliphatic carbocycles. The molecule has 1 atom stereocenters. The highest BCUT2D eigenvalue weighted by Crippen LogP contribution is 2.39. The molecule has 1 heterocycles. The van der Waals surface area contributed by atoms with E-state index in [0.717, 1.165) is 35.1 Å². The predicted octanol–water partition coefficient (Wildman–Crippen LogP) is 6.74. The Morgan fingerprint density at radius 1 is 1.06 bits per heavy atom. The molecule has 34 heavy (non-hydrogen) atoms. The van der Waals surface area contributed by atoms with Gasteiger partial charge in [-0.15, -0.1) is 0 Å². The Hall–Kier alpha value is -2.47. The van der Waals surface area contributed by atoms with Crippen LogP contribution in [0, 0.1) is 19.8 Å². The topological polar surface area (TPSA) is 69.6 Å². The van der Waals surface area contributed by atoms with Crippen LogP contribution in [0.2, 0.25) is 0 Å². The minimum atomic E-state index is -0.360. The fourth-order valence-corrected chi connectivity index (χ4v) is 6.32. The van der Waals surface area contributed by atoms with Gasteiger partial charge < -0.3 is 10.0 Å². The number of aromatic hydroxyl groups is 1. The van der Waals surface area contributed by atoms with Crippen LogP contribution in [0.1, 0.15) is 74.1 Å². The molecule has 1 aliphatic heterocycles. The van der Waals surface area contributed by atoms with Crippen molar-refractivity contribution in [1.82, 2.24) is 5.32 Å². The van der Waals surface area contributed by atoms with E-state index in [1.807, 2.05) is 12.1 Å². The van der Waals surface area contributed by atoms with E-state index in [9.17, 15) is 14.7 Å². The van der Waals surface area contributed by atoms with Gasteiger partial charge in [0.1, 0.15) is 5.75 Å². The van der Waals surface area contributed by atoms with Crippen molar-refractivity contribution >= 4 is 34.3 Å². The van der Waals surface area contributed by atoms with Gasteiger partial charge in [-0.2, -0.15) is 0 Å². The first-order chi connectivity index (χ1) is 16.2. The smallest absolute Gasteiger partial charge is 0.286 e. The van der Waals surface area contributed by atoms with Crippen LogP contribution in [0.5, 0.6) is 5.75 Å². The number of carbonyl (C=O) groups excluding carboxylic acids is 2. The number of aryl methyl sites for hydroxylation is 2. The number of hydrogen-bond donors (Lipinski definition) is 2. The number of thioether (sulfide) groups is 1. The molecule has 6 heteroatoms. The number of rotatable bonds is 7. The van der Waals surface area contributed by atoms with Gasteiger partial charge in [0, 0.05) is 17.9 Å².